The number of piperazine rings is 1. The Hall–Kier alpha value is -1.42. The molecule has 5 nitrogen and oxygen atoms in total. The SMILES string of the molecule is CCN1CCN(S(=O)(=O)c2ccc(C#N)cc2C)CC1C. The standard InChI is InChI=1S/C15H21N3O2S/c1-4-17-7-8-18(11-13(17)3)21(19,20)15-6-5-14(10-16)9-12(15)2/h5-6,9,13H,4,7-8,11H2,1-3H3. The zero-order valence-electron chi connectivity index (χ0n) is 12.7. The highest BCUT2D eigenvalue weighted by molar-refractivity contribution is 7.89. The fourth-order valence-electron chi connectivity index (χ4n) is 2.80. The van der Waals surface area contributed by atoms with E-state index in [1.54, 1.807) is 29.4 Å². The zero-order valence-corrected chi connectivity index (χ0v) is 13.5. The largest absolute Gasteiger partial charge is 0.298 e. The Morgan fingerprint density at radius 1 is 1.38 bits per heavy atom. The first-order chi connectivity index (χ1) is 9.90. The third-order valence-electron chi connectivity index (χ3n) is 4.06. The van der Waals surface area contributed by atoms with Crippen LogP contribution in [0.1, 0.15) is 25.0 Å². The van der Waals surface area contributed by atoms with Crippen LogP contribution in [-0.2, 0) is 10.0 Å². The van der Waals surface area contributed by atoms with E-state index in [0.29, 0.717) is 29.1 Å². The van der Waals surface area contributed by atoms with E-state index in [4.69, 9.17) is 5.26 Å². The normalized spacial score (nSPS) is 21.1. The number of hydrogen-bond acceptors (Lipinski definition) is 4. The van der Waals surface area contributed by atoms with E-state index in [-0.39, 0.29) is 6.04 Å². The van der Waals surface area contributed by atoms with Gasteiger partial charge in [-0.05, 0) is 44.2 Å². The van der Waals surface area contributed by atoms with Crippen molar-refractivity contribution < 1.29 is 8.42 Å². The van der Waals surface area contributed by atoms with Gasteiger partial charge in [-0.25, -0.2) is 8.42 Å². The monoisotopic (exact) mass is 307 g/mol. The molecule has 1 saturated heterocycles. The van der Waals surface area contributed by atoms with Crippen LogP contribution in [0.4, 0.5) is 0 Å². The maximum absolute atomic E-state index is 12.8. The van der Waals surface area contributed by atoms with Crippen LogP contribution in [0.25, 0.3) is 0 Å². The second kappa shape index (κ2) is 6.14. The van der Waals surface area contributed by atoms with Crippen molar-refractivity contribution in [2.24, 2.45) is 0 Å². The van der Waals surface area contributed by atoms with E-state index in [0.717, 1.165) is 13.1 Å². The van der Waals surface area contributed by atoms with Gasteiger partial charge < -0.3 is 0 Å². The van der Waals surface area contributed by atoms with E-state index < -0.39 is 10.0 Å². The maximum Gasteiger partial charge on any atom is 0.243 e. The summed E-state index contributed by atoms with van der Waals surface area (Å²) >= 11 is 0. The van der Waals surface area contributed by atoms with Crippen molar-refractivity contribution in [3.8, 4) is 6.07 Å². The van der Waals surface area contributed by atoms with Crippen LogP contribution in [0, 0.1) is 18.3 Å². The van der Waals surface area contributed by atoms with E-state index in [1.165, 1.54) is 0 Å². The molecule has 1 aromatic rings. The Balaban J connectivity index is 2.29. The van der Waals surface area contributed by atoms with Gasteiger partial charge >= 0.3 is 0 Å². The minimum absolute atomic E-state index is 0.220. The van der Waals surface area contributed by atoms with Crippen molar-refractivity contribution in [3.05, 3.63) is 29.3 Å². The van der Waals surface area contributed by atoms with Gasteiger partial charge in [0.25, 0.3) is 0 Å². The molecule has 1 fully saturated rings. The third kappa shape index (κ3) is 3.10. The summed E-state index contributed by atoms with van der Waals surface area (Å²) in [5, 5.41) is 8.88. The predicted octanol–water partition coefficient (Wildman–Crippen LogP) is 1.58. The molecule has 6 heteroatoms. The summed E-state index contributed by atoms with van der Waals surface area (Å²) in [6, 6.07) is 6.98. The average Bonchev–Trinajstić information content (AvgIpc) is 2.46. The van der Waals surface area contributed by atoms with Crippen LogP contribution in [0.15, 0.2) is 23.1 Å². The fraction of sp³-hybridized carbons (Fsp3) is 0.533. The molecule has 0 aliphatic carbocycles. The number of aryl methyl sites for hydroxylation is 1. The first kappa shape index (κ1) is 16.0. The molecule has 1 aliphatic rings. The fourth-order valence-corrected chi connectivity index (χ4v) is 4.52. The first-order valence-electron chi connectivity index (χ1n) is 7.15. The lowest BCUT2D eigenvalue weighted by Crippen LogP contribution is -2.53. The Kier molecular flexibility index (Phi) is 4.67. The molecular weight excluding hydrogens is 286 g/mol. The van der Waals surface area contributed by atoms with Crippen molar-refractivity contribution in [1.82, 2.24) is 9.21 Å². The summed E-state index contributed by atoms with van der Waals surface area (Å²) in [7, 11) is -3.48. The van der Waals surface area contributed by atoms with E-state index in [9.17, 15) is 8.42 Å². The molecule has 0 bridgehead atoms. The number of nitrogens with zero attached hydrogens (tertiary/aromatic N) is 3. The smallest absolute Gasteiger partial charge is 0.243 e. The topological polar surface area (TPSA) is 64.4 Å². The van der Waals surface area contributed by atoms with E-state index in [1.807, 2.05) is 6.07 Å². The zero-order chi connectivity index (χ0) is 15.6. The molecular formula is C15H21N3O2S. The van der Waals surface area contributed by atoms with Gasteiger partial charge in [-0.1, -0.05) is 6.92 Å². The Bertz CT molecular complexity index is 664. The summed E-state index contributed by atoms with van der Waals surface area (Å²) in [5.74, 6) is 0. The van der Waals surface area contributed by atoms with Crippen LogP contribution in [0.2, 0.25) is 0 Å². The predicted molar refractivity (Wildman–Crippen MR) is 81.4 cm³/mol. The van der Waals surface area contributed by atoms with Crippen molar-refractivity contribution >= 4 is 10.0 Å². The number of likely N-dealkylation sites (N-methyl/N-ethyl adjacent to an activating group) is 1. The number of rotatable bonds is 3. The number of sulfonamides is 1. The summed E-state index contributed by atoms with van der Waals surface area (Å²) < 4.78 is 27.1. The number of nitriles is 1. The highest BCUT2D eigenvalue weighted by atomic mass is 32.2. The second-order valence-electron chi connectivity index (χ2n) is 5.43. The Labute approximate surface area is 126 Å². The number of benzene rings is 1. The Morgan fingerprint density at radius 3 is 2.62 bits per heavy atom. The first-order valence-corrected chi connectivity index (χ1v) is 8.59. The molecule has 21 heavy (non-hydrogen) atoms. The molecule has 0 amide bonds. The van der Waals surface area contributed by atoms with Gasteiger partial charge in [0.05, 0.1) is 16.5 Å². The Morgan fingerprint density at radius 2 is 2.10 bits per heavy atom. The van der Waals surface area contributed by atoms with Crippen molar-refractivity contribution in [2.45, 2.75) is 31.7 Å². The maximum atomic E-state index is 12.8. The van der Waals surface area contributed by atoms with Gasteiger partial charge in [0.1, 0.15) is 0 Å². The van der Waals surface area contributed by atoms with Gasteiger partial charge in [-0.3, -0.25) is 4.90 Å². The summed E-state index contributed by atoms with van der Waals surface area (Å²) in [6.45, 7) is 8.59. The van der Waals surface area contributed by atoms with Crippen LogP contribution in [0.3, 0.4) is 0 Å². The molecule has 0 spiro atoms. The molecule has 1 unspecified atom stereocenters. The van der Waals surface area contributed by atoms with Crippen LogP contribution >= 0.6 is 0 Å². The molecule has 2 rings (SSSR count). The van der Waals surface area contributed by atoms with E-state index in [2.05, 4.69) is 18.7 Å². The lowest BCUT2D eigenvalue weighted by Gasteiger charge is -2.38. The molecule has 0 radical (unpaired) electrons. The summed E-state index contributed by atoms with van der Waals surface area (Å²) in [4.78, 5) is 2.58. The number of hydrogen-bond donors (Lipinski definition) is 0. The lowest BCUT2D eigenvalue weighted by atomic mass is 10.2. The molecule has 1 aromatic carbocycles. The van der Waals surface area contributed by atoms with Crippen molar-refractivity contribution in [3.63, 3.8) is 0 Å². The van der Waals surface area contributed by atoms with Gasteiger partial charge in [0.15, 0.2) is 0 Å². The highest BCUT2D eigenvalue weighted by Crippen LogP contribution is 2.23. The quantitative estimate of drug-likeness (QED) is 0.850. The van der Waals surface area contributed by atoms with Crippen molar-refractivity contribution in [2.75, 3.05) is 26.2 Å². The van der Waals surface area contributed by atoms with Crippen LogP contribution < -0.4 is 0 Å². The molecule has 1 heterocycles. The van der Waals surface area contributed by atoms with Crippen LogP contribution in [-0.4, -0.2) is 49.8 Å². The lowest BCUT2D eigenvalue weighted by molar-refractivity contribution is 0.135. The minimum atomic E-state index is -3.48. The molecule has 0 N–H and O–H groups in total. The van der Waals surface area contributed by atoms with Gasteiger partial charge in [-0.15, -0.1) is 0 Å². The third-order valence-corrected chi connectivity index (χ3v) is 6.08. The highest BCUT2D eigenvalue weighted by Gasteiger charge is 2.32. The average molecular weight is 307 g/mol. The van der Waals surface area contributed by atoms with Crippen LogP contribution in [0.5, 0.6) is 0 Å². The summed E-state index contributed by atoms with van der Waals surface area (Å²) in [6.07, 6.45) is 0. The van der Waals surface area contributed by atoms with Gasteiger partial charge in [0, 0.05) is 25.7 Å². The van der Waals surface area contributed by atoms with Crippen molar-refractivity contribution in [1.29, 1.82) is 5.26 Å². The summed E-state index contributed by atoms with van der Waals surface area (Å²) in [5.41, 5.74) is 1.11. The molecule has 1 aliphatic heterocycles. The molecule has 0 aromatic heterocycles. The molecule has 0 saturated carbocycles. The minimum Gasteiger partial charge on any atom is -0.298 e. The second-order valence-corrected chi connectivity index (χ2v) is 7.34. The van der Waals surface area contributed by atoms with E-state index >= 15 is 0 Å². The molecule has 114 valence electrons. The van der Waals surface area contributed by atoms with Gasteiger partial charge in [0.2, 0.25) is 10.0 Å². The molecule has 1 atom stereocenters. The van der Waals surface area contributed by atoms with Gasteiger partial charge in [-0.2, -0.15) is 9.57 Å².